The molecule has 7 nitrogen and oxygen atoms in total. The van der Waals surface area contributed by atoms with Gasteiger partial charge in [0.05, 0.1) is 17.4 Å². The average molecular weight is 356 g/mol. The number of hydrogen-bond donors (Lipinski definition) is 2. The van der Waals surface area contributed by atoms with Crippen molar-refractivity contribution < 1.29 is 0 Å². The number of imidazole rings is 2. The lowest BCUT2D eigenvalue weighted by molar-refractivity contribution is 0.631. The number of aromatic nitrogens is 6. The normalized spacial score (nSPS) is 11.5. The van der Waals surface area contributed by atoms with Crippen LogP contribution in [0.25, 0.3) is 22.2 Å². The summed E-state index contributed by atoms with van der Waals surface area (Å²) in [5, 5.41) is 3.44. The van der Waals surface area contributed by atoms with Crippen LogP contribution in [-0.4, -0.2) is 29.5 Å². The number of nitrogens with one attached hydrogen (secondary N) is 2. The molecule has 0 saturated heterocycles. The molecule has 0 bridgehead atoms. The first-order valence-corrected chi connectivity index (χ1v) is 8.64. The molecular weight excluding hydrogens is 338 g/mol. The van der Waals surface area contributed by atoms with E-state index < -0.39 is 0 Å². The summed E-state index contributed by atoms with van der Waals surface area (Å²) < 4.78 is 2.26. The van der Waals surface area contributed by atoms with E-state index in [2.05, 4.69) is 47.8 Å². The summed E-state index contributed by atoms with van der Waals surface area (Å²) in [6, 6.07) is 6.12. The molecule has 0 fully saturated rings. The Morgan fingerprint density at radius 3 is 2.96 bits per heavy atom. The van der Waals surface area contributed by atoms with E-state index in [-0.39, 0.29) is 5.28 Å². The van der Waals surface area contributed by atoms with Gasteiger partial charge in [0.1, 0.15) is 11.3 Å². The number of hydrogen-bond acceptors (Lipinski definition) is 5. The summed E-state index contributed by atoms with van der Waals surface area (Å²) in [5.41, 5.74) is 4.24. The van der Waals surface area contributed by atoms with Crippen LogP contribution >= 0.6 is 11.6 Å². The first kappa shape index (κ1) is 15.8. The zero-order chi connectivity index (χ0) is 17.4. The molecule has 0 amide bonds. The Hall–Kier alpha value is -2.67. The van der Waals surface area contributed by atoms with Crippen LogP contribution in [0.2, 0.25) is 5.28 Å². The van der Waals surface area contributed by atoms with E-state index >= 15 is 0 Å². The van der Waals surface area contributed by atoms with Crippen LogP contribution < -0.4 is 5.32 Å². The molecule has 0 saturated carbocycles. The minimum Gasteiger partial charge on any atom is -0.340 e. The molecule has 2 N–H and O–H groups in total. The van der Waals surface area contributed by atoms with Gasteiger partial charge >= 0.3 is 0 Å². The number of rotatable bonds is 5. The lowest BCUT2D eigenvalue weighted by Crippen LogP contribution is -2.00. The summed E-state index contributed by atoms with van der Waals surface area (Å²) in [7, 11) is 0. The Morgan fingerprint density at radius 2 is 2.12 bits per heavy atom. The quantitative estimate of drug-likeness (QED) is 0.524. The molecule has 25 heavy (non-hydrogen) atoms. The highest BCUT2D eigenvalue weighted by atomic mass is 35.5. The molecule has 4 rings (SSSR count). The molecule has 4 aromatic rings. The van der Waals surface area contributed by atoms with Gasteiger partial charge in [-0.05, 0) is 43.1 Å². The highest BCUT2D eigenvalue weighted by Crippen LogP contribution is 2.26. The van der Waals surface area contributed by atoms with Crippen LogP contribution in [0.3, 0.4) is 0 Å². The smallest absolute Gasteiger partial charge is 0.226 e. The van der Waals surface area contributed by atoms with Crippen LogP contribution in [0.4, 0.5) is 11.5 Å². The molecule has 0 atom stereocenters. The molecular formula is C17H18ClN7. The molecule has 128 valence electrons. The van der Waals surface area contributed by atoms with Crippen LogP contribution in [0.5, 0.6) is 0 Å². The number of anilines is 2. The van der Waals surface area contributed by atoms with E-state index in [1.807, 2.05) is 19.1 Å². The number of H-pyrrole nitrogens is 1. The number of benzene rings is 1. The largest absolute Gasteiger partial charge is 0.340 e. The highest BCUT2D eigenvalue weighted by molar-refractivity contribution is 6.28. The Kier molecular flexibility index (Phi) is 4.01. The van der Waals surface area contributed by atoms with Crippen molar-refractivity contribution in [2.75, 3.05) is 5.32 Å². The standard InChI is InChI=1S/C17H18ClN7/c1-3-4-7-25-10(2)21-12-8-11(5-6-13(12)25)22-16-14-15(20-9-19-14)23-17(18)24-16/h5-6,8-9H,3-4,7H2,1-2H3,(H2,19,20,22,23,24). The Labute approximate surface area is 149 Å². The molecule has 1 aromatic carbocycles. The van der Waals surface area contributed by atoms with Crippen LogP contribution in [0, 0.1) is 6.92 Å². The molecule has 0 spiro atoms. The van der Waals surface area contributed by atoms with Gasteiger partial charge in [0.15, 0.2) is 11.5 Å². The van der Waals surface area contributed by atoms with Gasteiger partial charge in [0.25, 0.3) is 0 Å². The SMILES string of the molecule is CCCCn1c(C)nc2cc(Nc3nc(Cl)nc4nc[nH]c34)ccc21. The van der Waals surface area contributed by atoms with E-state index in [9.17, 15) is 0 Å². The van der Waals surface area contributed by atoms with Gasteiger partial charge in [-0.25, -0.2) is 9.97 Å². The number of halogens is 1. The minimum atomic E-state index is 0.155. The molecule has 0 unspecified atom stereocenters. The van der Waals surface area contributed by atoms with Gasteiger partial charge in [0.2, 0.25) is 5.28 Å². The van der Waals surface area contributed by atoms with E-state index in [1.165, 1.54) is 0 Å². The maximum Gasteiger partial charge on any atom is 0.226 e. The zero-order valence-corrected chi connectivity index (χ0v) is 14.8. The van der Waals surface area contributed by atoms with Gasteiger partial charge in [-0.3, -0.25) is 0 Å². The first-order valence-electron chi connectivity index (χ1n) is 8.26. The fourth-order valence-corrected chi connectivity index (χ4v) is 3.12. The number of unbranched alkanes of at least 4 members (excludes halogenated alkanes) is 1. The second-order valence-corrected chi connectivity index (χ2v) is 6.27. The minimum absolute atomic E-state index is 0.155. The van der Waals surface area contributed by atoms with Crippen LogP contribution in [0.1, 0.15) is 25.6 Å². The number of nitrogens with zero attached hydrogens (tertiary/aromatic N) is 5. The Morgan fingerprint density at radius 1 is 1.24 bits per heavy atom. The van der Waals surface area contributed by atoms with E-state index in [1.54, 1.807) is 6.33 Å². The molecule has 0 radical (unpaired) electrons. The number of aryl methyl sites for hydroxylation is 2. The van der Waals surface area contributed by atoms with Crippen molar-refractivity contribution in [3.63, 3.8) is 0 Å². The van der Waals surface area contributed by atoms with Crippen molar-refractivity contribution >= 4 is 45.3 Å². The third kappa shape index (κ3) is 2.91. The van der Waals surface area contributed by atoms with Gasteiger partial charge in [-0.1, -0.05) is 13.3 Å². The van der Waals surface area contributed by atoms with Gasteiger partial charge in [-0.2, -0.15) is 9.97 Å². The summed E-state index contributed by atoms with van der Waals surface area (Å²) >= 11 is 5.98. The predicted octanol–water partition coefficient (Wildman–Crippen LogP) is 4.21. The second-order valence-electron chi connectivity index (χ2n) is 5.94. The Balaban J connectivity index is 1.71. The lowest BCUT2D eigenvalue weighted by Gasteiger charge is -2.08. The third-order valence-electron chi connectivity index (χ3n) is 4.20. The molecule has 3 aromatic heterocycles. The van der Waals surface area contributed by atoms with E-state index in [4.69, 9.17) is 11.6 Å². The summed E-state index contributed by atoms with van der Waals surface area (Å²) in [6.07, 6.45) is 3.87. The molecule has 0 aliphatic carbocycles. The summed E-state index contributed by atoms with van der Waals surface area (Å²) in [6.45, 7) is 5.22. The zero-order valence-electron chi connectivity index (χ0n) is 14.0. The topological polar surface area (TPSA) is 84.3 Å². The average Bonchev–Trinajstić information content (AvgIpc) is 3.16. The Bertz CT molecular complexity index is 1050. The highest BCUT2D eigenvalue weighted by Gasteiger charge is 2.11. The molecule has 3 heterocycles. The fraction of sp³-hybridized carbons (Fsp3) is 0.294. The summed E-state index contributed by atoms with van der Waals surface area (Å²) in [5.74, 6) is 1.62. The van der Waals surface area contributed by atoms with E-state index in [0.717, 1.165) is 41.9 Å². The van der Waals surface area contributed by atoms with Crippen molar-refractivity contribution in [2.45, 2.75) is 33.2 Å². The monoisotopic (exact) mass is 355 g/mol. The van der Waals surface area contributed by atoms with Crippen LogP contribution in [0.15, 0.2) is 24.5 Å². The van der Waals surface area contributed by atoms with Crippen molar-refractivity contribution in [1.29, 1.82) is 0 Å². The third-order valence-corrected chi connectivity index (χ3v) is 4.36. The van der Waals surface area contributed by atoms with Crippen molar-refractivity contribution in [2.24, 2.45) is 0 Å². The first-order chi connectivity index (χ1) is 12.2. The predicted molar refractivity (Wildman–Crippen MR) is 99.4 cm³/mol. The maximum atomic E-state index is 5.98. The van der Waals surface area contributed by atoms with Crippen molar-refractivity contribution in [3.05, 3.63) is 35.6 Å². The van der Waals surface area contributed by atoms with E-state index in [0.29, 0.717) is 17.0 Å². The fourth-order valence-electron chi connectivity index (χ4n) is 2.96. The molecule has 8 heteroatoms. The molecule has 0 aliphatic rings. The van der Waals surface area contributed by atoms with Crippen molar-refractivity contribution in [3.8, 4) is 0 Å². The number of fused-ring (bicyclic) bond motifs is 2. The van der Waals surface area contributed by atoms with Gasteiger partial charge in [-0.15, -0.1) is 0 Å². The second kappa shape index (κ2) is 6.33. The van der Waals surface area contributed by atoms with Gasteiger partial charge in [0, 0.05) is 12.2 Å². The van der Waals surface area contributed by atoms with Crippen molar-refractivity contribution in [1.82, 2.24) is 29.5 Å². The van der Waals surface area contributed by atoms with Crippen LogP contribution in [-0.2, 0) is 6.54 Å². The maximum absolute atomic E-state index is 5.98. The van der Waals surface area contributed by atoms with Gasteiger partial charge < -0.3 is 14.9 Å². The summed E-state index contributed by atoms with van der Waals surface area (Å²) in [4.78, 5) is 20.2. The lowest BCUT2D eigenvalue weighted by atomic mass is 10.2. The number of aromatic amines is 1. The molecule has 0 aliphatic heterocycles.